The van der Waals surface area contributed by atoms with Gasteiger partial charge in [0.15, 0.2) is 6.61 Å². The molecule has 0 radical (unpaired) electrons. The Balaban J connectivity index is 1.80. The van der Waals surface area contributed by atoms with Crippen LogP contribution in [0, 0.1) is 0 Å². The first-order valence-corrected chi connectivity index (χ1v) is 8.82. The van der Waals surface area contributed by atoms with Crippen molar-refractivity contribution < 1.29 is 9.53 Å². The van der Waals surface area contributed by atoms with Gasteiger partial charge in [-0.15, -0.1) is 23.5 Å². The lowest BCUT2D eigenvalue weighted by Crippen LogP contribution is -2.32. The van der Waals surface area contributed by atoms with Gasteiger partial charge in [-0.1, -0.05) is 12.1 Å². The van der Waals surface area contributed by atoms with E-state index in [-0.39, 0.29) is 12.5 Å². The van der Waals surface area contributed by atoms with Crippen LogP contribution in [0.3, 0.4) is 0 Å². The minimum atomic E-state index is -0.141. The molecule has 1 aliphatic heterocycles. The molecular formula is C14H20N2O2S2. The maximum absolute atomic E-state index is 11.4. The number of nitrogens with one attached hydrogen (secondary N) is 1. The molecule has 1 aliphatic rings. The average Bonchev–Trinajstić information content (AvgIpc) is 2.52. The molecule has 0 bridgehead atoms. The maximum atomic E-state index is 11.4. The van der Waals surface area contributed by atoms with E-state index >= 15 is 0 Å². The fourth-order valence-corrected chi connectivity index (χ4v) is 4.71. The predicted octanol–water partition coefficient (Wildman–Crippen LogP) is 2.01. The molecule has 3 N–H and O–H groups in total. The van der Waals surface area contributed by atoms with Gasteiger partial charge in [0, 0.05) is 13.1 Å². The summed E-state index contributed by atoms with van der Waals surface area (Å²) >= 11 is 3.99. The maximum Gasteiger partial charge on any atom is 0.257 e. The number of nitrogens with two attached hydrogens (primary N) is 1. The van der Waals surface area contributed by atoms with Crippen molar-refractivity contribution in [2.75, 3.05) is 31.2 Å². The van der Waals surface area contributed by atoms with Gasteiger partial charge in [0.05, 0.1) is 4.58 Å². The second-order valence-electron chi connectivity index (χ2n) is 4.42. The number of thioether (sulfide) groups is 2. The van der Waals surface area contributed by atoms with E-state index in [9.17, 15) is 4.79 Å². The Bertz CT molecular complexity index is 420. The molecule has 0 spiro atoms. The fourth-order valence-electron chi connectivity index (χ4n) is 1.81. The largest absolute Gasteiger partial charge is 0.484 e. The van der Waals surface area contributed by atoms with Gasteiger partial charge in [-0.2, -0.15) is 0 Å². The Morgan fingerprint density at radius 1 is 1.30 bits per heavy atom. The fraction of sp³-hybridized carbons (Fsp3) is 0.500. The molecular weight excluding hydrogens is 292 g/mol. The Morgan fingerprint density at radius 2 is 2.00 bits per heavy atom. The number of amides is 1. The van der Waals surface area contributed by atoms with E-state index in [2.05, 4.69) is 17.4 Å². The van der Waals surface area contributed by atoms with Crippen molar-refractivity contribution in [3.05, 3.63) is 29.8 Å². The summed E-state index contributed by atoms with van der Waals surface area (Å²) < 4.78 is 5.97. The van der Waals surface area contributed by atoms with Crippen LogP contribution in [0.5, 0.6) is 5.75 Å². The van der Waals surface area contributed by atoms with Crippen LogP contribution in [0.1, 0.15) is 16.6 Å². The van der Waals surface area contributed by atoms with Gasteiger partial charge in [-0.05, 0) is 35.6 Å². The first-order valence-electron chi connectivity index (χ1n) is 6.72. The van der Waals surface area contributed by atoms with Crippen LogP contribution in [0.4, 0.5) is 0 Å². The number of carbonyl (C=O) groups excluding carboxylic acids is 1. The SMILES string of the molecule is NCCNC(=O)COc1ccc(C2SCCCS2)cc1. The smallest absolute Gasteiger partial charge is 0.257 e. The minimum absolute atomic E-state index is 0.0340. The molecule has 1 saturated heterocycles. The van der Waals surface area contributed by atoms with Crippen LogP contribution in [0.2, 0.25) is 0 Å². The molecule has 0 unspecified atom stereocenters. The van der Waals surface area contributed by atoms with Crippen molar-refractivity contribution in [2.45, 2.75) is 11.0 Å². The number of carbonyl (C=O) groups is 1. The zero-order valence-corrected chi connectivity index (χ0v) is 13.0. The van der Waals surface area contributed by atoms with Gasteiger partial charge in [0.2, 0.25) is 0 Å². The first-order chi connectivity index (χ1) is 9.79. The molecule has 1 aromatic rings. The van der Waals surface area contributed by atoms with Gasteiger partial charge in [0.1, 0.15) is 5.75 Å². The Morgan fingerprint density at radius 3 is 2.65 bits per heavy atom. The highest BCUT2D eigenvalue weighted by Gasteiger charge is 2.16. The molecule has 1 fully saturated rings. The highest BCUT2D eigenvalue weighted by molar-refractivity contribution is 8.16. The molecule has 6 heteroatoms. The summed E-state index contributed by atoms with van der Waals surface area (Å²) in [6.45, 7) is 0.959. The third-order valence-corrected chi connectivity index (χ3v) is 5.83. The monoisotopic (exact) mass is 312 g/mol. The third-order valence-electron chi connectivity index (χ3n) is 2.82. The lowest BCUT2D eigenvalue weighted by atomic mass is 10.2. The molecule has 20 heavy (non-hydrogen) atoms. The standard InChI is InChI=1S/C14H20N2O2S2/c15-6-7-16-13(17)10-18-12-4-2-11(3-5-12)14-19-8-1-9-20-14/h2-5,14H,1,6-10,15H2,(H,16,17). The number of benzene rings is 1. The molecule has 110 valence electrons. The summed E-state index contributed by atoms with van der Waals surface area (Å²) in [5.74, 6) is 3.05. The quantitative estimate of drug-likeness (QED) is 0.841. The molecule has 1 aromatic carbocycles. The van der Waals surface area contributed by atoms with Crippen LogP contribution in [-0.4, -0.2) is 37.1 Å². The van der Waals surface area contributed by atoms with Gasteiger partial charge in [-0.25, -0.2) is 0 Å². The average molecular weight is 312 g/mol. The van der Waals surface area contributed by atoms with Crippen LogP contribution in [-0.2, 0) is 4.79 Å². The highest BCUT2D eigenvalue weighted by Crippen LogP contribution is 2.43. The summed E-state index contributed by atoms with van der Waals surface area (Å²) in [5, 5.41) is 2.67. The zero-order chi connectivity index (χ0) is 14.2. The summed E-state index contributed by atoms with van der Waals surface area (Å²) in [4.78, 5) is 11.4. The molecule has 1 heterocycles. The van der Waals surface area contributed by atoms with E-state index in [0.29, 0.717) is 17.7 Å². The van der Waals surface area contributed by atoms with Crippen molar-refractivity contribution >= 4 is 29.4 Å². The zero-order valence-electron chi connectivity index (χ0n) is 11.3. The number of hydrogen-bond acceptors (Lipinski definition) is 5. The predicted molar refractivity (Wildman–Crippen MR) is 86.3 cm³/mol. The van der Waals surface area contributed by atoms with E-state index in [1.165, 1.54) is 23.5 Å². The van der Waals surface area contributed by atoms with Crippen LogP contribution >= 0.6 is 23.5 Å². The Kier molecular flexibility index (Phi) is 6.56. The molecule has 0 atom stereocenters. The van der Waals surface area contributed by atoms with Crippen LogP contribution in [0.15, 0.2) is 24.3 Å². The highest BCUT2D eigenvalue weighted by atomic mass is 32.2. The van der Waals surface area contributed by atoms with Gasteiger partial charge in [-0.3, -0.25) is 4.79 Å². The topological polar surface area (TPSA) is 64.3 Å². The number of hydrogen-bond donors (Lipinski definition) is 2. The van der Waals surface area contributed by atoms with E-state index in [1.807, 2.05) is 35.7 Å². The van der Waals surface area contributed by atoms with Gasteiger partial charge >= 0.3 is 0 Å². The molecule has 0 aromatic heterocycles. The first kappa shape index (κ1) is 15.5. The van der Waals surface area contributed by atoms with E-state index in [4.69, 9.17) is 10.5 Å². The summed E-state index contributed by atoms with van der Waals surface area (Å²) in [6, 6.07) is 8.04. The second kappa shape index (κ2) is 8.44. The van der Waals surface area contributed by atoms with Crippen molar-refractivity contribution in [1.82, 2.24) is 5.32 Å². The van der Waals surface area contributed by atoms with Crippen molar-refractivity contribution in [1.29, 1.82) is 0 Å². The lowest BCUT2D eigenvalue weighted by molar-refractivity contribution is -0.123. The normalized spacial score (nSPS) is 15.8. The minimum Gasteiger partial charge on any atom is -0.484 e. The summed E-state index contributed by atoms with van der Waals surface area (Å²) in [7, 11) is 0. The third kappa shape index (κ3) is 4.92. The van der Waals surface area contributed by atoms with E-state index < -0.39 is 0 Å². The summed E-state index contributed by atoms with van der Waals surface area (Å²) in [5.41, 5.74) is 6.63. The van der Waals surface area contributed by atoms with Crippen molar-refractivity contribution in [3.8, 4) is 5.75 Å². The molecule has 4 nitrogen and oxygen atoms in total. The molecule has 1 amide bonds. The van der Waals surface area contributed by atoms with Gasteiger partial charge < -0.3 is 15.8 Å². The number of rotatable bonds is 6. The molecule has 0 saturated carbocycles. The Hall–Kier alpha value is -0.850. The van der Waals surface area contributed by atoms with E-state index in [0.717, 1.165) is 5.75 Å². The van der Waals surface area contributed by atoms with Crippen molar-refractivity contribution in [2.24, 2.45) is 5.73 Å². The van der Waals surface area contributed by atoms with E-state index in [1.54, 1.807) is 0 Å². The lowest BCUT2D eigenvalue weighted by Gasteiger charge is -2.21. The number of ether oxygens (including phenoxy) is 1. The molecule has 2 rings (SSSR count). The van der Waals surface area contributed by atoms with Crippen LogP contribution < -0.4 is 15.8 Å². The molecule has 0 aliphatic carbocycles. The van der Waals surface area contributed by atoms with Crippen molar-refractivity contribution in [3.63, 3.8) is 0 Å². The Labute approximate surface area is 128 Å². The summed E-state index contributed by atoms with van der Waals surface area (Å²) in [6.07, 6.45) is 1.30. The van der Waals surface area contributed by atoms with Crippen LogP contribution in [0.25, 0.3) is 0 Å². The second-order valence-corrected chi connectivity index (χ2v) is 7.15. The van der Waals surface area contributed by atoms with Gasteiger partial charge in [0.25, 0.3) is 5.91 Å².